The van der Waals surface area contributed by atoms with E-state index in [0.717, 1.165) is 13.1 Å². The van der Waals surface area contributed by atoms with Gasteiger partial charge in [-0.15, -0.1) is 0 Å². The van der Waals surface area contributed by atoms with Crippen molar-refractivity contribution in [3.05, 3.63) is 66.5 Å². The van der Waals surface area contributed by atoms with Gasteiger partial charge in [0.05, 0.1) is 0 Å². The molecule has 0 radical (unpaired) electrons. The van der Waals surface area contributed by atoms with E-state index in [4.69, 9.17) is 0 Å². The normalized spacial score (nSPS) is 10.8. The van der Waals surface area contributed by atoms with Gasteiger partial charge in [-0.3, -0.25) is 4.98 Å². The minimum absolute atomic E-state index is 0.927. The van der Waals surface area contributed by atoms with Crippen molar-refractivity contribution in [2.45, 2.75) is 13.5 Å². The molecule has 1 aromatic heterocycles. The molecule has 0 saturated heterocycles. The van der Waals surface area contributed by atoms with Crippen LogP contribution in [-0.2, 0) is 6.54 Å². The average Bonchev–Trinajstić information content (AvgIpc) is 2.53. The molecule has 0 unspecified atom stereocenters. The van der Waals surface area contributed by atoms with E-state index in [0.29, 0.717) is 0 Å². The summed E-state index contributed by atoms with van der Waals surface area (Å²) in [6.07, 6.45) is 3.77. The summed E-state index contributed by atoms with van der Waals surface area (Å²) >= 11 is 0. The van der Waals surface area contributed by atoms with Crippen molar-refractivity contribution in [2.75, 3.05) is 6.54 Å². The molecule has 2 aromatic carbocycles. The van der Waals surface area contributed by atoms with E-state index in [1.54, 1.807) is 0 Å². The maximum absolute atomic E-state index is 4.19. The number of fused-ring (bicyclic) bond motifs is 1. The number of hydrogen-bond acceptors (Lipinski definition) is 2. The molecule has 3 rings (SSSR count). The Morgan fingerprint density at radius 3 is 2.65 bits per heavy atom. The number of hydrogen-bond donors (Lipinski definition) is 1. The van der Waals surface area contributed by atoms with Gasteiger partial charge in [0.25, 0.3) is 0 Å². The Morgan fingerprint density at radius 2 is 1.85 bits per heavy atom. The number of rotatable bonds is 4. The van der Waals surface area contributed by atoms with Gasteiger partial charge < -0.3 is 5.32 Å². The second kappa shape index (κ2) is 5.85. The Morgan fingerprint density at radius 1 is 1.00 bits per heavy atom. The van der Waals surface area contributed by atoms with Crippen LogP contribution < -0.4 is 5.32 Å². The monoisotopic (exact) mass is 262 g/mol. The number of benzene rings is 2. The molecule has 0 aliphatic carbocycles. The second-order valence-electron chi connectivity index (χ2n) is 4.88. The first-order valence-corrected chi connectivity index (χ1v) is 7.01. The summed E-state index contributed by atoms with van der Waals surface area (Å²) in [5.74, 6) is 0. The lowest BCUT2D eigenvalue weighted by molar-refractivity contribution is 0.727. The van der Waals surface area contributed by atoms with Crippen molar-refractivity contribution in [3.63, 3.8) is 0 Å². The van der Waals surface area contributed by atoms with E-state index in [2.05, 4.69) is 65.8 Å². The molecule has 0 amide bonds. The summed E-state index contributed by atoms with van der Waals surface area (Å²) in [5.41, 5.74) is 3.83. The molecule has 20 heavy (non-hydrogen) atoms. The van der Waals surface area contributed by atoms with E-state index in [9.17, 15) is 0 Å². The zero-order chi connectivity index (χ0) is 13.8. The summed E-state index contributed by atoms with van der Waals surface area (Å²) in [6.45, 7) is 4.05. The van der Waals surface area contributed by atoms with E-state index in [1.807, 2.05) is 12.4 Å². The quantitative estimate of drug-likeness (QED) is 0.768. The third kappa shape index (κ3) is 2.56. The molecule has 0 aliphatic rings. The maximum Gasteiger partial charge on any atom is 0.0346 e. The summed E-state index contributed by atoms with van der Waals surface area (Å²) in [5, 5.41) is 5.78. The highest BCUT2D eigenvalue weighted by atomic mass is 14.8. The predicted molar refractivity (Wildman–Crippen MR) is 84.6 cm³/mol. The first-order chi connectivity index (χ1) is 9.88. The van der Waals surface area contributed by atoms with E-state index in [-0.39, 0.29) is 0 Å². The standard InChI is InChI=1S/C18H18N2/c1-2-19-12-14-6-8-15(9-7-14)17-5-3-4-16-13-20-11-10-18(16)17/h3-11,13,19H,2,12H2,1H3. The molecule has 100 valence electrons. The smallest absolute Gasteiger partial charge is 0.0346 e. The molecule has 0 saturated carbocycles. The summed E-state index contributed by atoms with van der Waals surface area (Å²) in [4.78, 5) is 4.19. The fourth-order valence-corrected chi connectivity index (χ4v) is 2.45. The van der Waals surface area contributed by atoms with Crippen molar-refractivity contribution in [1.29, 1.82) is 0 Å². The van der Waals surface area contributed by atoms with Gasteiger partial charge in [-0.05, 0) is 34.7 Å². The van der Waals surface area contributed by atoms with Crippen molar-refractivity contribution < 1.29 is 0 Å². The molecule has 3 aromatic rings. The summed E-state index contributed by atoms with van der Waals surface area (Å²) < 4.78 is 0. The summed E-state index contributed by atoms with van der Waals surface area (Å²) in [7, 11) is 0. The first-order valence-electron chi connectivity index (χ1n) is 7.01. The molecular weight excluding hydrogens is 244 g/mol. The Balaban J connectivity index is 1.98. The van der Waals surface area contributed by atoms with Gasteiger partial charge in [0, 0.05) is 24.3 Å². The zero-order valence-corrected chi connectivity index (χ0v) is 11.6. The number of pyridine rings is 1. The van der Waals surface area contributed by atoms with Gasteiger partial charge in [-0.25, -0.2) is 0 Å². The minimum atomic E-state index is 0.927. The van der Waals surface area contributed by atoms with Gasteiger partial charge in [0.1, 0.15) is 0 Å². The lowest BCUT2D eigenvalue weighted by Crippen LogP contribution is -2.11. The molecule has 2 heteroatoms. The molecule has 0 spiro atoms. The van der Waals surface area contributed by atoms with Crippen LogP contribution in [0.25, 0.3) is 21.9 Å². The van der Waals surface area contributed by atoms with Crippen LogP contribution in [0.2, 0.25) is 0 Å². The molecule has 0 bridgehead atoms. The Bertz CT molecular complexity index is 697. The first kappa shape index (κ1) is 12.8. The van der Waals surface area contributed by atoms with Crippen LogP contribution in [0.1, 0.15) is 12.5 Å². The average molecular weight is 262 g/mol. The SMILES string of the molecule is CCNCc1ccc(-c2cccc3cnccc23)cc1. The number of nitrogens with one attached hydrogen (secondary N) is 1. The minimum Gasteiger partial charge on any atom is -0.313 e. The largest absolute Gasteiger partial charge is 0.313 e. The highest BCUT2D eigenvalue weighted by molar-refractivity contribution is 5.96. The topological polar surface area (TPSA) is 24.9 Å². The van der Waals surface area contributed by atoms with Gasteiger partial charge in [0.2, 0.25) is 0 Å². The van der Waals surface area contributed by atoms with Crippen molar-refractivity contribution >= 4 is 10.8 Å². The van der Waals surface area contributed by atoms with Crippen LogP contribution >= 0.6 is 0 Å². The van der Waals surface area contributed by atoms with E-state index >= 15 is 0 Å². The Labute approximate surface area is 119 Å². The fraction of sp³-hybridized carbons (Fsp3) is 0.167. The molecule has 2 nitrogen and oxygen atoms in total. The molecular formula is C18H18N2. The molecule has 1 heterocycles. The molecule has 0 aliphatic heterocycles. The van der Waals surface area contributed by atoms with E-state index in [1.165, 1.54) is 27.5 Å². The summed E-state index contributed by atoms with van der Waals surface area (Å²) in [6, 6.07) is 17.2. The maximum atomic E-state index is 4.19. The molecule has 1 N–H and O–H groups in total. The molecule has 0 atom stereocenters. The van der Waals surface area contributed by atoms with Crippen LogP contribution in [0.5, 0.6) is 0 Å². The van der Waals surface area contributed by atoms with Crippen LogP contribution in [0, 0.1) is 0 Å². The Hall–Kier alpha value is -2.19. The predicted octanol–water partition coefficient (Wildman–Crippen LogP) is 4.01. The Kier molecular flexibility index (Phi) is 3.75. The van der Waals surface area contributed by atoms with Crippen LogP contribution in [0.3, 0.4) is 0 Å². The lowest BCUT2D eigenvalue weighted by Gasteiger charge is -2.08. The van der Waals surface area contributed by atoms with Crippen molar-refractivity contribution in [1.82, 2.24) is 10.3 Å². The number of aromatic nitrogens is 1. The van der Waals surface area contributed by atoms with Crippen molar-refractivity contribution in [3.8, 4) is 11.1 Å². The lowest BCUT2D eigenvalue weighted by atomic mass is 9.98. The number of nitrogens with zero attached hydrogens (tertiary/aromatic N) is 1. The van der Waals surface area contributed by atoms with E-state index < -0.39 is 0 Å². The van der Waals surface area contributed by atoms with Crippen LogP contribution in [-0.4, -0.2) is 11.5 Å². The second-order valence-corrected chi connectivity index (χ2v) is 4.88. The highest BCUT2D eigenvalue weighted by Crippen LogP contribution is 2.28. The van der Waals surface area contributed by atoms with Crippen molar-refractivity contribution in [2.24, 2.45) is 0 Å². The zero-order valence-electron chi connectivity index (χ0n) is 11.6. The van der Waals surface area contributed by atoms with Gasteiger partial charge in [-0.1, -0.05) is 49.4 Å². The third-order valence-corrected chi connectivity index (χ3v) is 3.52. The van der Waals surface area contributed by atoms with Gasteiger partial charge in [0.15, 0.2) is 0 Å². The molecule has 0 fully saturated rings. The van der Waals surface area contributed by atoms with Gasteiger partial charge in [-0.2, -0.15) is 0 Å². The fourth-order valence-electron chi connectivity index (χ4n) is 2.45. The van der Waals surface area contributed by atoms with Crippen LogP contribution in [0.15, 0.2) is 60.9 Å². The highest BCUT2D eigenvalue weighted by Gasteiger charge is 2.03. The van der Waals surface area contributed by atoms with Crippen LogP contribution in [0.4, 0.5) is 0 Å². The third-order valence-electron chi connectivity index (χ3n) is 3.52. The van der Waals surface area contributed by atoms with Gasteiger partial charge >= 0.3 is 0 Å².